The van der Waals surface area contributed by atoms with E-state index in [0.717, 1.165) is 31.5 Å². The summed E-state index contributed by atoms with van der Waals surface area (Å²) in [6, 6.07) is 0. The van der Waals surface area contributed by atoms with Crippen molar-refractivity contribution in [1.82, 2.24) is 5.32 Å². The molecule has 0 amide bonds. The van der Waals surface area contributed by atoms with Crippen molar-refractivity contribution in [3.8, 4) is 0 Å². The molecule has 3 unspecified atom stereocenters. The number of ether oxygens (including phenoxy) is 1. The van der Waals surface area contributed by atoms with E-state index < -0.39 is 0 Å². The highest BCUT2D eigenvalue weighted by molar-refractivity contribution is 4.80. The predicted molar refractivity (Wildman–Crippen MR) is 65.1 cm³/mol. The van der Waals surface area contributed by atoms with Gasteiger partial charge in [0.2, 0.25) is 0 Å². The van der Waals surface area contributed by atoms with Gasteiger partial charge in [-0.3, -0.25) is 0 Å². The lowest BCUT2D eigenvalue weighted by atomic mass is 9.84. The SMILES string of the molecule is CCCC(C)C1OCCCC1CNCC. The smallest absolute Gasteiger partial charge is 0.0640 e. The molecule has 1 aliphatic rings. The van der Waals surface area contributed by atoms with Crippen LogP contribution < -0.4 is 5.32 Å². The van der Waals surface area contributed by atoms with Gasteiger partial charge in [0.25, 0.3) is 0 Å². The van der Waals surface area contributed by atoms with Gasteiger partial charge < -0.3 is 10.1 Å². The minimum absolute atomic E-state index is 0.498. The minimum atomic E-state index is 0.498. The molecule has 1 aliphatic heterocycles. The molecule has 0 saturated carbocycles. The standard InChI is InChI=1S/C13H27NO/c1-4-7-11(3)13-12(10-14-5-2)8-6-9-15-13/h11-14H,4-10H2,1-3H3. The van der Waals surface area contributed by atoms with Gasteiger partial charge in [-0.1, -0.05) is 27.2 Å². The minimum Gasteiger partial charge on any atom is -0.378 e. The van der Waals surface area contributed by atoms with Crippen molar-refractivity contribution in [2.24, 2.45) is 11.8 Å². The Labute approximate surface area is 94.8 Å². The van der Waals surface area contributed by atoms with Crippen molar-refractivity contribution < 1.29 is 4.74 Å². The highest BCUT2D eigenvalue weighted by Gasteiger charge is 2.29. The molecule has 1 heterocycles. The molecular weight excluding hydrogens is 186 g/mol. The number of hydrogen-bond acceptors (Lipinski definition) is 2. The topological polar surface area (TPSA) is 21.3 Å². The zero-order chi connectivity index (χ0) is 11.1. The highest BCUT2D eigenvalue weighted by atomic mass is 16.5. The van der Waals surface area contributed by atoms with Crippen LogP contribution in [-0.4, -0.2) is 25.8 Å². The summed E-state index contributed by atoms with van der Waals surface area (Å²) in [5.74, 6) is 1.46. The van der Waals surface area contributed by atoms with Crippen LogP contribution >= 0.6 is 0 Å². The summed E-state index contributed by atoms with van der Waals surface area (Å²) in [6.45, 7) is 9.97. The van der Waals surface area contributed by atoms with Crippen molar-refractivity contribution in [3.05, 3.63) is 0 Å². The zero-order valence-corrected chi connectivity index (χ0v) is 10.6. The first kappa shape index (κ1) is 13.0. The normalized spacial score (nSPS) is 29.0. The van der Waals surface area contributed by atoms with Crippen molar-refractivity contribution in [3.63, 3.8) is 0 Å². The lowest BCUT2D eigenvalue weighted by Crippen LogP contribution is -2.40. The average molecular weight is 213 g/mol. The fourth-order valence-corrected chi connectivity index (χ4v) is 2.66. The van der Waals surface area contributed by atoms with Gasteiger partial charge in [0.1, 0.15) is 0 Å². The molecule has 1 fully saturated rings. The van der Waals surface area contributed by atoms with Gasteiger partial charge in [-0.05, 0) is 37.6 Å². The number of nitrogens with one attached hydrogen (secondary N) is 1. The molecule has 15 heavy (non-hydrogen) atoms. The molecule has 2 nitrogen and oxygen atoms in total. The van der Waals surface area contributed by atoms with Gasteiger partial charge in [-0.2, -0.15) is 0 Å². The Balaban J connectivity index is 2.41. The second kappa shape index (κ2) is 7.24. The fourth-order valence-electron chi connectivity index (χ4n) is 2.66. The van der Waals surface area contributed by atoms with E-state index in [1.54, 1.807) is 0 Å². The number of hydrogen-bond donors (Lipinski definition) is 1. The lowest BCUT2D eigenvalue weighted by molar-refractivity contribution is -0.0574. The van der Waals surface area contributed by atoms with E-state index in [9.17, 15) is 0 Å². The summed E-state index contributed by atoms with van der Waals surface area (Å²) in [4.78, 5) is 0. The summed E-state index contributed by atoms with van der Waals surface area (Å²) in [6.07, 6.45) is 5.65. The largest absolute Gasteiger partial charge is 0.378 e. The zero-order valence-electron chi connectivity index (χ0n) is 10.6. The van der Waals surface area contributed by atoms with Crippen molar-refractivity contribution in [1.29, 1.82) is 0 Å². The van der Waals surface area contributed by atoms with Gasteiger partial charge in [0.05, 0.1) is 6.10 Å². The molecule has 1 saturated heterocycles. The van der Waals surface area contributed by atoms with E-state index in [4.69, 9.17) is 4.74 Å². The highest BCUT2D eigenvalue weighted by Crippen LogP contribution is 2.28. The van der Waals surface area contributed by atoms with Gasteiger partial charge in [-0.15, -0.1) is 0 Å². The van der Waals surface area contributed by atoms with Crippen LogP contribution in [0, 0.1) is 11.8 Å². The second-order valence-electron chi connectivity index (χ2n) is 4.81. The molecule has 0 bridgehead atoms. The monoisotopic (exact) mass is 213 g/mol. The maximum absolute atomic E-state index is 5.96. The third kappa shape index (κ3) is 4.12. The Kier molecular flexibility index (Phi) is 6.26. The summed E-state index contributed by atoms with van der Waals surface area (Å²) < 4.78 is 5.96. The van der Waals surface area contributed by atoms with Crippen LogP contribution in [0.25, 0.3) is 0 Å². The summed E-state index contributed by atoms with van der Waals surface area (Å²) in [5.41, 5.74) is 0. The Bertz CT molecular complexity index is 161. The Morgan fingerprint density at radius 1 is 1.40 bits per heavy atom. The average Bonchev–Trinajstić information content (AvgIpc) is 2.27. The van der Waals surface area contributed by atoms with Gasteiger partial charge in [0, 0.05) is 13.2 Å². The number of rotatable bonds is 6. The van der Waals surface area contributed by atoms with Crippen LogP contribution in [0.15, 0.2) is 0 Å². The molecule has 90 valence electrons. The molecule has 0 aliphatic carbocycles. The van der Waals surface area contributed by atoms with E-state index in [0.29, 0.717) is 6.10 Å². The van der Waals surface area contributed by atoms with E-state index in [2.05, 4.69) is 26.1 Å². The maximum atomic E-state index is 5.96. The Morgan fingerprint density at radius 3 is 2.87 bits per heavy atom. The first-order valence-corrected chi connectivity index (χ1v) is 6.61. The van der Waals surface area contributed by atoms with Crippen LogP contribution in [-0.2, 0) is 4.74 Å². The van der Waals surface area contributed by atoms with E-state index >= 15 is 0 Å². The summed E-state index contributed by atoms with van der Waals surface area (Å²) in [7, 11) is 0. The third-order valence-electron chi connectivity index (χ3n) is 3.46. The van der Waals surface area contributed by atoms with E-state index in [1.807, 2.05) is 0 Å². The van der Waals surface area contributed by atoms with Crippen LogP contribution in [0.4, 0.5) is 0 Å². The fraction of sp³-hybridized carbons (Fsp3) is 1.00. The van der Waals surface area contributed by atoms with Gasteiger partial charge in [0.15, 0.2) is 0 Å². The molecule has 0 aromatic heterocycles. The molecule has 0 aromatic rings. The molecule has 3 atom stereocenters. The molecular formula is C13H27NO. The van der Waals surface area contributed by atoms with Crippen LogP contribution in [0.1, 0.15) is 46.5 Å². The van der Waals surface area contributed by atoms with Crippen LogP contribution in [0.3, 0.4) is 0 Å². The lowest BCUT2D eigenvalue weighted by Gasteiger charge is -2.36. The van der Waals surface area contributed by atoms with E-state index in [1.165, 1.54) is 25.7 Å². The summed E-state index contributed by atoms with van der Waals surface area (Å²) in [5, 5.41) is 3.46. The van der Waals surface area contributed by atoms with Crippen LogP contribution in [0.5, 0.6) is 0 Å². The Morgan fingerprint density at radius 2 is 2.20 bits per heavy atom. The molecule has 0 aromatic carbocycles. The van der Waals surface area contributed by atoms with Crippen molar-refractivity contribution >= 4 is 0 Å². The second-order valence-corrected chi connectivity index (χ2v) is 4.81. The van der Waals surface area contributed by atoms with Crippen LogP contribution in [0.2, 0.25) is 0 Å². The molecule has 2 heteroatoms. The predicted octanol–water partition coefficient (Wildman–Crippen LogP) is 2.83. The Hall–Kier alpha value is -0.0800. The third-order valence-corrected chi connectivity index (χ3v) is 3.46. The van der Waals surface area contributed by atoms with Crippen molar-refractivity contribution in [2.45, 2.75) is 52.6 Å². The van der Waals surface area contributed by atoms with Gasteiger partial charge in [-0.25, -0.2) is 0 Å². The van der Waals surface area contributed by atoms with Crippen molar-refractivity contribution in [2.75, 3.05) is 19.7 Å². The maximum Gasteiger partial charge on any atom is 0.0640 e. The molecule has 1 N–H and O–H groups in total. The first-order chi connectivity index (χ1) is 7.29. The molecule has 0 radical (unpaired) electrons. The first-order valence-electron chi connectivity index (χ1n) is 6.61. The summed E-state index contributed by atoms with van der Waals surface area (Å²) >= 11 is 0. The quantitative estimate of drug-likeness (QED) is 0.732. The van der Waals surface area contributed by atoms with E-state index in [-0.39, 0.29) is 0 Å². The molecule has 0 spiro atoms. The van der Waals surface area contributed by atoms with Gasteiger partial charge >= 0.3 is 0 Å². The molecule has 1 rings (SSSR count).